The van der Waals surface area contributed by atoms with Gasteiger partial charge in [0.15, 0.2) is 5.82 Å². The van der Waals surface area contributed by atoms with Gasteiger partial charge in [0.05, 0.1) is 18.4 Å². The van der Waals surface area contributed by atoms with E-state index >= 15 is 0 Å². The van der Waals surface area contributed by atoms with E-state index in [0.717, 1.165) is 0 Å². The molecule has 2 heterocycles. The van der Waals surface area contributed by atoms with Crippen molar-refractivity contribution in [1.29, 1.82) is 0 Å². The zero-order valence-electron chi connectivity index (χ0n) is 11.4. The lowest BCUT2D eigenvalue weighted by molar-refractivity contribution is 0.0694. The summed E-state index contributed by atoms with van der Waals surface area (Å²) in [6.45, 7) is 3.75. The smallest absolute Gasteiger partial charge is 0.339 e. The number of aromatic nitrogens is 4. The molecule has 20 heavy (non-hydrogen) atoms. The first-order valence-electron chi connectivity index (χ1n) is 6.01. The first kappa shape index (κ1) is 13.9. The summed E-state index contributed by atoms with van der Waals surface area (Å²) in [5.41, 5.74) is 1.04. The Hall–Kier alpha value is -2.57. The van der Waals surface area contributed by atoms with Crippen LogP contribution in [0.3, 0.4) is 0 Å². The molecule has 0 saturated heterocycles. The number of carboxylic acid groups (broad SMARTS) is 1. The zero-order chi connectivity index (χ0) is 14.7. The second-order valence-corrected chi connectivity index (χ2v) is 4.41. The second kappa shape index (κ2) is 5.60. The van der Waals surface area contributed by atoms with Crippen LogP contribution in [0, 0.1) is 0 Å². The normalized spacial score (nSPS) is 10.6. The molecule has 2 aromatic rings. The Balaban J connectivity index is 2.47. The van der Waals surface area contributed by atoms with Crippen molar-refractivity contribution in [3.05, 3.63) is 29.6 Å². The van der Waals surface area contributed by atoms with Crippen molar-refractivity contribution in [2.45, 2.75) is 19.8 Å². The molecule has 0 bridgehead atoms. The third-order valence-corrected chi connectivity index (χ3v) is 2.67. The lowest BCUT2D eigenvalue weighted by Crippen LogP contribution is -2.09. The van der Waals surface area contributed by atoms with E-state index in [-0.39, 0.29) is 11.5 Å². The van der Waals surface area contributed by atoms with Crippen molar-refractivity contribution < 1.29 is 14.6 Å². The average molecular weight is 274 g/mol. The maximum atomic E-state index is 11.1. The van der Waals surface area contributed by atoms with E-state index in [1.54, 1.807) is 12.1 Å². The topological polar surface area (TPSA) is 98.1 Å². The van der Waals surface area contributed by atoms with E-state index in [1.807, 2.05) is 13.8 Å². The summed E-state index contributed by atoms with van der Waals surface area (Å²) < 4.78 is 4.93. The molecule has 0 aliphatic carbocycles. The molecule has 0 saturated carbocycles. The van der Waals surface area contributed by atoms with Crippen LogP contribution < -0.4 is 4.74 Å². The molecule has 2 rings (SSSR count). The van der Waals surface area contributed by atoms with E-state index in [4.69, 9.17) is 9.84 Å². The molecular formula is C13H14N4O3. The Labute approximate surface area is 115 Å². The van der Waals surface area contributed by atoms with Crippen LogP contribution in [0.4, 0.5) is 0 Å². The van der Waals surface area contributed by atoms with Gasteiger partial charge in [0.2, 0.25) is 5.88 Å². The van der Waals surface area contributed by atoms with Gasteiger partial charge < -0.3 is 9.84 Å². The van der Waals surface area contributed by atoms with Crippen molar-refractivity contribution in [3.8, 4) is 17.4 Å². The van der Waals surface area contributed by atoms with E-state index in [2.05, 4.69) is 20.2 Å². The Morgan fingerprint density at radius 1 is 1.30 bits per heavy atom. The van der Waals surface area contributed by atoms with E-state index in [9.17, 15) is 4.79 Å². The first-order chi connectivity index (χ1) is 9.52. The monoisotopic (exact) mass is 274 g/mol. The van der Waals surface area contributed by atoms with Gasteiger partial charge in [0.1, 0.15) is 5.69 Å². The van der Waals surface area contributed by atoms with Gasteiger partial charge >= 0.3 is 5.97 Å². The van der Waals surface area contributed by atoms with Gasteiger partial charge in [0, 0.05) is 12.3 Å². The molecule has 1 N–H and O–H groups in total. The highest BCUT2D eigenvalue weighted by atomic mass is 16.5. The lowest BCUT2D eigenvalue weighted by Gasteiger charge is -2.09. The van der Waals surface area contributed by atoms with Crippen LogP contribution >= 0.6 is 0 Å². The number of rotatable bonds is 4. The van der Waals surface area contributed by atoms with Gasteiger partial charge in [-0.05, 0) is 12.0 Å². The van der Waals surface area contributed by atoms with Gasteiger partial charge in [-0.1, -0.05) is 13.8 Å². The molecule has 0 aliphatic heterocycles. The minimum atomic E-state index is -1.04. The maximum Gasteiger partial charge on any atom is 0.339 e. The zero-order valence-corrected chi connectivity index (χ0v) is 11.4. The Morgan fingerprint density at radius 3 is 2.55 bits per heavy atom. The predicted octanol–water partition coefficient (Wildman–Crippen LogP) is 1.76. The van der Waals surface area contributed by atoms with Crippen molar-refractivity contribution in [3.63, 3.8) is 0 Å². The average Bonchev–Trinajstić information content (AvgIpc) is 2.46. The van der Waals surface area contributed by atoms with Crippen molar-refractivity contribution >= 4 is 5.97 Å². The molecule has 0 fully saturated rings. The Kier molecular flexibility index (Phi) is 3.88. The van der Waals surface area contributed by atoms with Crippen LogP contribution in [0.2, 0.25) is 0 Å². The molecule has 7 heteroatoms. The molecule has 0 aliphatic rings. The lowest BCUT2D eigenvalue weighted by atomic mass is 10.1. The SMILES string of the molecule is COc1ccc(-c2ncc(C(=O)O)c(C(C)C)n2)nn1. The van der Waals surface area contributed by atoms with Crippen LogP contribution in [-0.2, 0) is 0 Å². The fraction of sp³-hybridized carbons (Fsp3) is 0.308. The van der Waals surface area contributed by atoms with Crippen molar-refractivity contribution in [1.82, 2.24) is 20.2 Å². The van der Waals surface area contributed by atoms with Gasteiger partial charge in [-0.3, -0.25) is 0 Å². The molecule has 0 spiro atoms. The number of hydrogen-bond acceptors (Lipinski definition) is 6. The fourth-order valence-electron chi connectivity index (χ4n) is 1.67. The van der Waals surface area contributed by atoms with Crippen molar-refractivity contribution in [2.24, 2.45) is 0 Å². The number of carboxylic acids is 1. The fourth-order valence-corrected chi connectivity index (χ4v) is 1.67. The highest BCUT2D eigenvalue weighted by Gasteiger charge is 2.17. The van der Waals surface area contributed by atoms with Crippen LogP contribution in [0.1, 0.15) is 35.8 Å². The van der Waals surface area contributed by atoms with Crippen LogP contribution in [-0.4, -0.2) is 38.4 Å². The van der Waals surface area contributed by atoms with Crippen LogP contribution in [0.15, 0.2) is 18.3 Å². The summed E-state index contributed by atoms with van der Waals surface area (Å²) in [5, 5.41) is 16.9. The molecule has 0 unspecified atom stereocenters. The summed E-state index contributed by atoms with van der Waals surface area (Å²) in [4.78, 5) is 19.5. The molecular weight excluding hydrogens is 260 g/mol. The molecule has 0 aromatic carbocycles. The molecule has 2 aromatic heterocycles. The third-order valence-electron chi connectivity index (χ3n) is 2.67. The highest BCUT2D eigenvalue weighted by molar-refractivity contribution is 5.88. The number of nitrogens with zero attached hydrogens (tertiary/aromatic N) is 4. The van der Waals surface area contributed by atoms with Gasteiger partial charge in [-0.15, -0.1) is 10.2 Å². The summed E-state index contributed by atoms with van der Waals surface area (Å²) in [7, 11) is 1.50. The van der Waals surface area contributed by atoms with Crippen LogP contribution in [0.25, 0.3) is 11.5 Å². The molecule has 0 amide bonds. The summed E-state index contributed by atoms with van der Waals surface area (Å²) in [6.07, 6.45) is 1.30. The number of methoxy groups -OCH3 is 1. The predicted molar refractivity (Wildman–Crippen MR) is 70.7 cm³/mol. The second-order valence-electron chi connectivity index (χ2n) is 4.41. The van der Waals surface area contributed by atoms with Crippen molar-refractivity contribution in [2.75, 3.05) is 7.11 Å². The van der Waals surface area contributed by atoms with E-state index < -0.39 is 5.97 Å². The van der Waals surface area contributed by atoms with Gasteiger partial charge in [-0.2, -0.15) is 0 Å². The van der Waals surface area contributed by atoms with Gasteiger partial charge in [-0.25, -0.2) is 14.8 Å². The minimum Gasteiger partial charge on any atom is -0.480 e. The van der Waals surface area contributed by atoms with Gasteiger partial charge in [0.25, 0.3) is 0 Å². The maximum absolute atomic E-state index is 11.1. The third kappa shape index (κ3) is 2.71. The summed E-state index contributed by atoms with van der Waals surface area (Å²) in [6, 6.07) is 3.32. The quantitative estimate of drug-likeness (QED) is 0.906. The number of hydrogen-bond donors (Lipinski definition) is 1. The number of carbonyl (C=O) groups is 1. The molecule has 104 valence electrons. The van der Waals surface area contributed by atoms with E-state index in [0.29, 0.717) is 23.1 Å². The summed E-state index contributed by atoms with van der Waals surface area (Å²) >= 11 is 0. The van der Waals surface area contributed by atoms with E-state index in [1.165, 1.54) is 13.3 Å². The standard InChI is InChI=1S/C13H14N4O3/c1-7(2)11-8(13(18)19)6-14-12(15-11)9-4-5-10(20-3)17-16-9/h4-7H,1-3H3,(H,18,19). The summed E-state index contributed by atoms with van der Waals surface area (Å²) in [5.74, 6) is -0.344. The Morgan fingerprint density at radius 2 is 2.05 bits per heavy atom. The number of ether oxygens (including phenoxy) is 1. The molecule has 0 radical (unpaired) electrons. The minimum absolute atomic E-state index is 0.0333. The number of aromatic carboxylic acids is 1. The highest BCUT2D eigenvalue weighted by Crippen LogP contribution is 2.20. The molecule has 0 atom stereocenters. The van der Waals surface area contributed by atoms with Crippen LogP contribution in [0.5, 0.6) is 5.88 Å². The largest absolute Gasteiger partial charge is 0.480 e. The molecule has 7 nitrogen and oxygen atoms in total. The first-order valence-corrected chi connectivity index (χ1v) is 6.01. The Bertz CT molecular complexity index is 626.